The van der Waals surface area contributed by atoms with Gasteiger partial charge in [0.15, 0.2) is 5.65 Å². The Bertz CT molecular complexity index is 2480. The maximum absolute atomic E-state index is 14.5. The zero-order valence-corrected chi connectivity index (χ0v) is 29.3. The molecule has 1 aliphatic carbocycles. The number of carbonyl (C=O) groups is 2. The summed E-state index contributed by atoms with van der Waals surface area (Å²) in [5, 5.41) is 5.69. The second kappa shape index (κ2) is 14.1. The van der Waals surface area contributed by atoms with Gasteiger partial charge in [-0.25, -0.2) is 32.9 Å². The first-order valence-corrected chi connectivity index (χ1v) is 17.3. The third kappa shape index (κ3) is 7.57. The molecule has 0 atom stereocenters. The number of fused-ring (bicyclic) bond motifs is 2. The van der Waals surface area contributed by atoms with Crippen LogP contribution < -0.4 is 21.9 Å². The number of nitrogens with zero attached hydrogens (tertiary/aromatic N) is 5. The van der Waals surface area contributed by atoms with Crippen LogP contribution in [-0.4, -0.2) is 47.1 Å². The Labute approximate surface area is 302 Å². The van der Waals surface area contributed by atoms with Gasteiger partial charge < -0.3 is 19.8 Å². The molecule has 12 nitrogen and oxygen atoms in total. The van der Waals surface area contributed by atoms with Crippen LogP contribution in [0.15, 0.2) is 94.9 Å². The Hall–Kier alpha value is -6.18. The van der Waals surface area contributed by atoms with E-state index in [0.29, 0.717) is 37.0 Å². The van der Waals surface area contributed by atoms with Crippen LogP contribution in [0.25, 0.3) is 33.5 Å². The number of aromatic nitrogens is 5. The van der Waals surface area contributed by atoms with Gasteiger partial charge in [0.05, 0.1) is 17.3 Å². The van der Waals surface area contributed by atoms with Crippen LogP contribution >= 0.6 is 0 Å². The lowest BCUT2D eigenvalue weighted by molar-refractivity contribution is 0.0917. The standard InChI is InChI=1S/C39H37F2N7O5/c1-39(2,3)45-37(51)53-22-23-7-9-24(10-8-23)25-5-4-6-30(17-25)47-34-31(18-27(41)19-42-34)36(50)48(38(47)52)29-14-12-28(13-15-29)43-35(49)32-21-46-20-26(40)11-16-33(46)44-32/h4-11,16-21,28-29H,12-15,22H2,1-3H3,(H,43,49)(H,45,51). The highest BCUT2D eigenvalue weighted by molar-refractivity contribution is 5.93. The van der Waals surface area contributed by atoms with Crippen molar-refractivity contribution < 1.29 is 23.1 Å². The summed E-state index contributed by atoms with van der Waals surface area (Å²) in [6.45, 7) is 5.68. The lowest BCUT2D eigenvalue weighted by atomic mass is 9.90. The van der Waals surface area contributed by atoms with Crippen molar-refractivity contribution in [2.75, 3.05) is 0 Å². The molecule has 6 aromatic rings. The average Bonchev–Trinajstić information content (AvgIpc) is 3.55. The molecule has 1 fully saturated rings. The third-order valence-corrected chi connectivity index (χ3v) is 9.17. The highest BCUT2D eigenvalue weighted by Gasteiger charge is 2.29. The summed E-state index contributed by atoms with van der Waals surface area (Å²) < 4.78 is 37.4. The summed E-state index contributed by atoms with van der Waals surface area (Å²) in [6.07, 6.45) is 4.91. The predicted octanol–water partition coefficient (Wildman–Crippen LogP) is 6.08. The van der Waals surface area contributed by atoms with E-state index in [1.54, 1.807) is 18.2 Å². The number of nitrogens with one attached hydrogen (secondary N) is 2. The number of halogens is 2. The number of amides is 2. The van der Waals surface area contributed by atoms with Crippen LogP contribution in [-0.2, 0) is 11.3 Å². The number of hydrogen-bond donors (Lipinski definition) is 2. The molecule has 0 radical (unpaired) electrons. The first-order valence-electron chi connectivity index (χ1n) is 17.3. The van der Waals surface area contributed by atoms with E-state index in [4.69, 9.17) is 4.74 Å². The zero-order valence-electron chi connectivity index (χ0n) is 29.3. The van der Waals surface area contributed by atoms with Gasteiger partial charge in [0.25, 0.3) is 11.5 Å². The maximum atomic E-state index is 14.5. The molecule has 4 aromatic heterocycles. The SMILES string of the molecule is CC(C)(C)NC(=O)OCc1ccc(-c2cccc(-n3c(=O)n(C4CCC(NC(=O)c5cn6cc(F)ccc6n5)CC4)c(=O)c4cc(F)cnc43)c2)cc1. The highest BCUT2D eigenvalue weighted by Crippen LogP contribution is 2.29. The highest BCUT2D eigenvalue weighted by atomic mass is 19.1. The molecule has 2 N–H and O–H groups in total. The van der Waals surface area contributed by atoms with Gasteiger partial charge in [0.1, 0.15) is 29.6 Å². The summed E-state index contributed by atoms with van der Waals surface area (Å²) in [7, 11) is 0. The van der Waals surface area contributed by atoms with Gasteiger partial charge in [0, 0.05) is 30.0 Å². The summed E-state index contributed by atoms with van der Waals surface area (Å²) >= 11 is 0. The van der Waals surface area contributed by atoms with E-state index in [1.807, 2.05) is 51.1 Å². The van der Waals surface area contributed by atoms with Crippen molar-refractivity contribution >= 4 is 28.7 Å². The molecule has 7 rings (SSSR count). The topological polar surface area (TPSA) is 142 Å². The van der Waals surface area contributed by atoms with E-state index in [0.717, 1.165) is 29.0 Å². The summed E-state index contributed by atoms with van der Waals surface area (Å²) in [5.41, 5.74) is 1.77. The number of alkyl carbamates (subject to hydrolysis) is 1. The lowest BCUT2D eigenvalue weighted by Crippen LogP contribution is -2.45. The van der Waals surface area contributed by atoms with Gasteiger partial charge in [-0.15, -0.1) is 0 Å². The summed E-state index contributed by atoms with van der Waals surface area (Å²) in [4.78, 5) is 61.6. The number of rotatable bonds is 7. The second-order valence-electron chi connectivity index (χ2n) is 14.2. The average molecular weight is 722 g/mol. The third-order valence-electron chi connectivity index (χ3n) is 9.17. The maximum Gasteiger partial charge on any atom is 0.407 e. The van der Waals surface area contributed by atoms with E-state index in [1.165, 1.54) is 38.1 Å². The zero-order chi connectivity index (χ0) is 37.4. The Morgan fingerprint density at radius 1 is 0.906 bits per heavy atom. The molecule has 0 bridgehead atoms. The molecule has 53 heavy (non-hydrogen) atoms. The molecule has 2 amide bonds. The molecule has 0 aliphatic heterocycles. The minimum absolute atomic E-state index is 0.0316. The Balaban J connectivity index is 1.12. The van der Waals surface area contributed by atoms with Gasteiger partial charge >= 0.3 is 11.8 Å². The van der Waals surface area contributed by atoms with Gasteiger partial charge in [0.2, 0.25) is 0 Å². The Kier molecular flexibility index (Phi) is 9.37. The summed E-state index contributed by atoms with van der Waals surface area (Å²) in [5.74, 6) is -1.57. The fourth-order valence-corrected chi connectivity index (χ4v) is 6.66. The fraction of sp³-hybridized carbons (Fsp3) is 0.282. The van der Waals surface area contributed by atoms with Crippen LogP contribution in [0.2, 0.25) is 0 Å². The van der Waals surface area contributed by atoms with E-state index >= 15 is 0 Å². The smallest absolute Gasteiger partial charge is 0.407 e. The Morgan fingerprint density at radius 3 is 2.40 bits per heavy atom. The van der Waals surface area contributed by atoms with Crippen LogP contribution in [0.3, 0.4) is 0 Å². The normalized spacial score (nSPS) is 16.1. The monoisotopic (exact) mass is 721 g/mol. The van der Waals surface area contributed by atoms with E-state index in [2.05, 4.69) is 20.6 Å². The molecule has 1 aliphatic rings. The number of pyridine rings is 2. The molecular weight excluding hydrogens is 684 g/mol. The number of ether oxygens (including phenoxy) is 1. The van der Waals surface area contributed by atoms with Gasteiger partial charge in [-0.1, -0.05) is 36.4 Å². The molecular formula is C39H37F2N7O5. The van der Waals surface area contributed by atoms with Crippen molar-refractivity contribution in [3.63, 3.8) is 0 Å². The largest absolute Gasteiger partial charge is 0.445 e. The van der Waals surface area contributed by atoms with Gasteiger partial charge in [-0.05, 0) is 93.5 Å². The Morgan fingerprint density at radius 2 is 1.66 bits per heavy atom. The van der Waals surface area contributed by atoms with E-state index in [9.17, 15) is 28.0 Å². The summed E-state index contributed by atoms with van der Waals surface area (Å²) in [6, 6.07) is 17.7. The first kappa shape index (κ1) is 35.2. The minimum atomic E-state index is -0.707. The minimum Gasteiger partial charge on any atom is -0.445 e. The number of imidazole rings is 1. The van der Waals surface area contributed by atoms with Crippen molar-refractivity contribution in [3.8, 4) is 16.8 Å². The predicted molar refractivity (Wildman–Crippen MR) is 194 cm³/mol. The molecule has 0 unspecified atom stereocenters. The van der Waals surface area contributed by atoms with Crippen molar-refractivity contribution in [2.45, 2.75) is 70.7 Å². The molecule has 0 saturated heterocycles. The number of benzene rings is 2. The molecule has 2 aromatic carbocycles. The van der Waals surface area contributed by atoms with Gasteiger partial charge in [-0.3, -0.25) is 14.2 Å². The van der Waals surface area contributed by atoms with Crippen molar-refractivity contribution in [1.29, 1.82) is 0 Å². The van der Waals surface area contributed by atoms with Crippen LogP contribution in [0.4, 0.5) is 13.6 Å². The molecule has 0 spiro atoms. The number of hydrogen-bond acceptors (Lipinski definition) is 7. The fourth-order valence-electron chi connectivity index (χ4n) is 6.66. The van der Waals surface area contributed by atoms with Crippen LogP contribution in [0, 0.1) is 11.6 Å². The lowest BCUT2D eigenvalue weighted by Gasteiger charge is -2.30. The molecule has 1 saturated carbocycles. The van der Waals surface area contributed by atoms with E-state index in [-0.39, 0.29) is 29.4 Å². The van der Waals surface area contributed by atoms with Crippen LogP contribution in [0.1, 0.15) is 68.5 Å². The molecule has 4 heterocycles. The first-order chi connectivity index (χ1) is 25.3. The molecule has 14 heteroatoms. The van der Waals surface area contributed by atoms with Crippen molar-refractivity contribution in [2.24, 2.45) is 0 Å². The second-order valence-corrected chi connectivity index (χ2v) is 14.2. The van der Waals surface area contributed by atoms with Crippen molar-refractivity contribution in [1.82, 2.24) is 34.1 Å². The van der Waals surface area contributed by atoms with Crippen molar-refractivity contribution in [3.05, 3.63) is 129 Å². The van der Waals surface area contributed by atoms with Crippen LogP contribution in [0.5, 0.6) is 0 Å². The van der Waals surface area contributed by atoms with E-state index < -0.39 is 46.5 Å². The molecule has 272 valence electrons. The number of carbonyl (C=O) groups excluding carboxylic acids is 2. The van der Waals surface area contributed by atoms with Gasteiger partial charge in [-0.2, -0.15) is 0 Å². The quantitative estimate of drug-likeness (QED) is 0.204.